The lowest BCUT2D eigenvalue weighted by molar-refractivity contribution is 0.601. The highest BCUT2D eigenvalue weighted by Gasteiger charge is 2.22. The van der Waals surface area contributed by atoms with Crippen LogP contribution >= 0.6 is 15.9 Å². The van der Waals surface area contributed by atoms with Gasteiger partial charge >= 0.3 is 0 Å². The van der Waals surface area contributed by atoms with Gasteiger partial charge in [0.15, 0.2) is 5.82 Å². The molecule has 0 fully saturated rings. The number of sulfonamides is 1. The van der Waals surface area contributed by atoms with Gasteiger partial charge < -0.3 is 5.43 Å². The maximum Gasteiger partial charge on any atom is 0.265 e. The molecule has 0 aromatic carbocycles. The molecule has 0 saturated carbocycles. The standard InChI is InChI=1S/C11H15BrN6O2S/c1-3-8-9(6-18(2)16-8)17-21(19,20)10-4-7(12)5-14-11(10)15-13/h4-6,17H,3,13H2,1-2H3,(H,14,15). The van der Waals surface area contributed by atoms with Gasteiger partial charge in [-0.15, -0.1) is 0 Å². The lowest BCUT2D eigenvalue weighted by Crippen LogP contribution is -2.19. The van der Waals surface area contributed by atoms with Crippen molar-refractivity contribution in [3.8, 4) is 0 Å². The summed E-state index contributed by atoms with van der Waals surface area (Å²) in [6.45, 7) is 1.90. The third-order valence-electron chi connectivity index (χ3n) is 2.73. The number of nitrogens with zero attached hydrogens (tertiary/aromatic N) is 3. The largest absolute Gasteiger partial charge is 0.307 e. The zero-order chi connectivity index (χ0) is 15.6. The molecule has 10 heteroatoms. The minimum atomic E-state index is -3.84. The van der Waals surface area contributed by atoms with Crippen LogP contribution in [0.5, 0.6) is 0 Å². The molecule has 2 aromatic heterocycles. The fraction of sp³-hybridized carbons (Fsp3) is 0.273. The van der Waals surface area contributed by atoms with Crippen molar-refractivity contribution in [1.29, 1.82) is 0 Å². The normalized spacial score (nSPS) is 11.4. The number of nitrogens with one attached hydrogen (secondary N) is 2. The molecule has 0 amide bonds. The van der Waals surface area contributed by atoms with E-state index in [1.807, 2.05) is 6.92 Å². The van der Waals surface area contributed by atoms with E-state index in [-0.39, 0.29) is 10.7 Å². The van der Waals surface area contributed by atoms with E-state index in [4.69, 9.17) is 5.84 Å². The number of aromatic nitrogens is 3. The molecule has 0 radical (unpaired) electrons. The van der Waals surface area contributed by atoms with Crippen molar-refractivity contribution >= 4 is 37.5 Å². The number of aryl methyl sites for hydroxylation is 2. The number of hydrazine groups is 1. The van der Waals surface area contributed by atoms with Gasteiger partial charge in [-0.2, -0.15) is 5.10 Å². The molecular formula is C11H15BrN6O2S. The molecule has 0 aliphatic heterocycles. The third-order valence-corrected chi connectivity index (χ3v) is 4.54. The quantitative estimate of drug-likeness (QED) is 0.535. The van der Waals surface area contributed by atoms with Crippen LogP contribution in [-0.2, 0) is 23.5 Å². The number of nitrogens with two attached hydrogens (primary N) is 1. The first kappa shape index (κ1) is 15.7. The van der Waals surface area contributed by atoms with Crippen molar-refractivity contribution in [2.45, 2.75) is 18.2 Å². The monoisotopic (exact) mass is 374 g/mol. The number of pyridine rings is 1. The summed E-state index contributed by atoms with van der Waals surface area (Å²) in [4.78, 5) is 3.88. The van der Waals surface area contributed by atoms with Gasteiger partial charge in [-0.25, -0.2) is 19.2 Å². The van der Waals surface area contributed by atoms with E-state index < -0.39 is 10.0 Å². The van der Waals surface area contributed by atoms with Crippen molar-refractivity contribution in [2.24, 2.45) is 12.9 Å². The van der Waals surface area contributed by atoms with Crippen molar-refractivity contribution in [1.82, 2.24) is 14.8 Å². The molecule has 0 bridgehead atoms. The second kappa shape index (κ2) is 6.00. The lowest BCUT2D eigenvalue weighted by Gasteiger charge is -2.11. The average molecular weight is 375 g/mol. The van der Waals surface area contributed by atoms with Crippen LogP contribution in [0.15, 0.2) is 27.8 Å². The van der Waals surface area contributed by atoms with Crippen LogP contribution in [0.2, 0.25) is 0 Å². The first-order valence-electron chi connectivity index (χ1n) is 6.05. The number of rotatable bonds is 5. The molecule has 0 atom stereocenters. The van der Waals surface area contributed by atoms with E-state index in [9.17, 15) is 8.42 Å². The predicted octanol–water partition coefficient (Wildman–Crippen LogP) is 1.23. The van der Waals surface area contributed by atoms with Crippen molar-refractivity contribution in [2.75, 3.05) is 10.1 Å². The van der Waals surface area contributed by atoms with Gasteiger partial charge in [-0.1, -0.05) is 6.92 Å². The maximum absolute atomic E-state index is 12.5. The average Bonchev–Trinajstić information content (AvgIpc) is 2.78. The van der Waals surface area contributed by atoms with E-state index in [0.29, 0.717) is 22.3 Å². The van der Waals surface area contributed by atoms with Gasteiger partial charge in [0.25, 0.3) is 10.0 Å². The number of hydrogen-bond acceptors (Lipinski definition) is 6. The highest BCUT2D eigenvalue weighted by atomic mass is 79.9. The maximum atomic E-state index is 12.5. The van der Waals surface area contributed by atoms with Gasteiger partial charge in [-0.05, 0) is 28.4 Å². The van der Waals surface area contributed by atoms with Gasteiger partial charge in [0.05, 0.1) is 11.4 Å². The van der Waals surface area contributed by atoms with Crippen LogP contribution in [0, 0.1) is 0 Å². The highest BCUT2D eigenvalue weighted by molar-refractivity contribution is 9.10. The molecule has 0 aliphatic carbocycles. The summed E-state index contributed by atoms with van der Waals surface area (Å²) < 4.78 is 29.6. The van der Waals surface area contributed by atoms with Crippen molar-refractivity contribution in [3.63, 3.8) is 0 Å². The number of anilines is 2. The summed E-state index contributed by atoms with van der Waals surface area (Å²) in [5, 5.41) is 4.19. The Morgan fingerprint density at radius 2 is 2.19 bits per heavy atom. The molecule has 8 nitrogen and oxygen atoms in total. The lowest BCUT2D eigenvalue weighted by atomic mass is 10.3. The summed E-state index contributed by atoms with van der Waals surface area (Å²) in [5.41, 5.74) is 3.37. The topological polar surface area (TPSA) is 115 Å². The molecule has 2 rings (SSSR count). The molecule has 0 unspecified atom stereocenters. The predicted molar refractivity (Wildman–Crippen MR) is 83.1 cm³/mol. The Kier molecular flexibility index (Phi) is 4.49. The van der Waals surface area contributed by atoms with Gasteiger partial charge in [-0.3, -0.25) is 9.40 Å². The summed E-state index contributed by atoms with van der Waals surface area (Å²) >= 11 is 3.20. The fourth-order valence-electron chi connectivity index (χ4n) is 1.81. The zero-order valence-corrected chi connectivity index (χ0v) is 13.9. The summed E-state index contributed by atoms with van der Waals surface area (Å²) in [6.07, 6.45) is 3.67. The molecule has 4 N–H and O–H groups in total. The fourth-order valence-corrected chi connectivity index (χ4v) is 3.52. The van der Waals surface area contributed by atoms with E-state index in [0.717, 1.165) is 0 Å². The van der Waals surface area contributed by atoms with E-state index in [1.54, 1.807) is 17.9 Å². The Bertz CT molecular complexity index is 758. The zero-order valence-electron chi connectivity index (χ0n) is 11.5. The molecule has 0 spiro atoms. The smallest absolute Gasteiger partial charge is 0.265 e. The van der Waals surface area contributed by atoms with Gasteiger partial charge in [0.1, 0.15) is 4.90 Å². The number of hydrogen-bond donors (Lipinski definition) is 3. The first-order valence-corrected chi connectivity index (χ1v) is 8.32. The summed E-state index contributed by atoms with van der Waals surface area (Å²) in [6, 6.07) is 1.42. The summed E-state index contributed by atoms with van der Waals surface area (Å²) in [5.74, 6) is 5.38. The van der Waals surface area contributed by atoms with Crippen LogP contribution in [0.25, 0.3) is 0 Å². The minimum absolute atomic E-state index is 0.0507. The Labute approximate surface area is 130 Å². The Morgan fingerprint density at radius 1 is 1.48 bits per heavy atom. The Balaban J connectivity index is 2.45. The van der Waals surface area contributed by atoms with E-state index >= 15 is 0 Å². The first-order chi connectivity index (χ1) is 9.87. The molecule has 114 valence electrons. The second-order valence-corrected chi connectivity index (χ2v) is 6.83. The van der Waals surface area contributed by atoms with Crippen LogP contribution in [0.1, 0.15) is 12.6 Å². The van der Waals surface area contributed by atoms with Gasteiger partial charge in [0.2, 0.25) is 0 Å². The molecule has 2 aromatic rings. The molecule has 0 saturated heterocycles. The molecule has 2 heterocycles. The molecule has 21 heavy (non-hydrogen) atoms. The van der Waals surface area contributed by atoms with E-state index in [1.165, 1.54) is 12.3 Å². The highest BCUT2D eigenvalue weighted by Crippen LogP contribution is 2.25. The number of halogens is 1. The Hall–Kier alpha value is -1.65. The number of nitrogen functional groups attached to an aromatic ring is 1. The summed E-state index contributed by atoms with van der Waals surface area (Å²) in [7, 11) is -2.11. The molecular weight excluding hydrogens is 360 g/mol. The van der Waals surface area contributed by atoms with Crippen molar-refractivity contribution < 1.29 is 8.42 Å². The van der Waals surface area contributed by atoms with Crippen molar-refractivity contribution in [3.05, 3.63) is 28.6 Å². The van der Waals surface area contributed by atoms with Crippen LogP contribution < -0.4 is 16.0 Å². The minimum Gasteiger partial charge on any atom is -0.307 e. The van der Waals surface area contributed by atoms with E-state index in [2.05, 4.69) is 36.2 Å². The SMILES string of the molecule is CCc1nn(C)cc1NS(=O)(=O)c1cc(Br)cnc1NN. The molecule has 0 aliphatic rings. The van der Waals surface area contributed by atoms with Gasteiger partial charge in [0, 0.05) is 23.9 Å². The van der Waals surface area contributed by atoms with Crippen LogP contribution in [0.4, 0.5) is 11.5 Å². The van der Waals surface area contributed by atoms with Crippen LogP contribution in [-0.4, -0.2) is 23.2 Å². The third kappa shape index (κ3) is 3.34. The Morgan fingerprint density at radius 3 is 2.81 bits per heavy atom. The van der Waals surface area contributed by atoms with Crippen LogP contribution in [0.3, 0.4) is 0 Å². The second-order valence-electron chi connectivity index (χ2n) is 4.27.